The zero-order valence-corrected chi connectivity index (χ0v) is 20.2. The first-order valence-corrected chi connectivity index (χ1v) is 13.4. The lowest BCUT2D eigenvalue weighted by molar-refractivity contribution is 0.570. The van der Waals surface area contributed by atoms with Gasteiger partial charge in [-0.15, -0.1) is 0 Å². The summed E-state index contributed by atoms with van der Waals surface area (Å²) in [6.45, 7) is 0.929. The second kappa shape index (κ2) is 8.72. The highest BCUT2D eigenvalue weighted by atomic mass is 31.2. The van der Waals surface area contributed by atoms with E-state index in [1.165, 1.54) is 24.3 Å². The molecule has 4 aromatic rings. The molecule has 2 aromatic heterocycles. The maximum Gasteiger partial charge on any atom is 0.272 e. The SMILES string of the molecule is BC(B)(c1ccc(F)c(P2(=O)CCN(c3ncccn3)CC2)c1)c1n[nH]c(=O)c2cc(F)ccc12. The van der Waals surface area contributed by atoms with Crippen molar-refractivity contribution in [3.8, 4) is 0 Å². The molecule has 0 saturated carbocycles. The molecule has 0 spiro atoms. The van der Waals surface area contributed by atoms with Crippen molar-refractivity contribution < 1.29 is 13.3 Å². The molecule has 0 atom stereocenters. The predicted molar refractivity (Wildman–Crippen MR) is 138 cm³/mol. The van der Waals surface area contributed by atoms with Gasteiger partial charge in [-0.2, -0.15) is 5.10 Å². The molecule has 0 aliphatic carbocycles. The Balaban J connectivity index is 1.51. The summed E-state index contributed by atoms with van der Waals surface area (Å²) in [5.74, 6) is -0.451. The first kappa shape index (κ1) is 23.4. The molecule has 0 radical (unpaired) electrons. The van der Waals surface area contributed by atoms with Gasteiger partial charge in [0.15, 0.2) is 0 Å². The van der Waals surface area contributed by atoms with Crippen LogP contribution in [0.2, 0.25) is 0 Å². The topological polar surface area (TPSA) is 91.8 Å². The zero-order valence-electron chi connectivity index (χ0n) is 19.3. The number of halogens is 2. The molecule has 176 valence electrons. The van der Waals surface area contributed by atoms with E-state index in [2.05, 4.69) is 20.2 Å². The van der Waals surface area contributed by atoms with Crippen molar-refractivity contribution in [1.29, 1.82) is 0 Å². The van der Waals surface area contributed by atoms with E-state index in [1.807, 2.05) is 20.6 Å². The summed E-state index contributed by atoms with van der Waals surface area (Å²) in [7, 11) is 0.764. The Morgan fingerprint density at radius 3 is 2.43 bits per heavy atom. The normalized spacial score (nSPS) is 15.9. The van der Waals surface area contributed by atoms with Crippen LogP contribution < -0.4 is 15.8 Å². The number of aromatic amines is 1. The van der Waals surface area contributed by atoms with Gasteiger partial charge in [0.2, 0.25) is 5.95 Å². The highest BCUT2D eigenvalue weighted by Gasteiger charge is 2.36. The van der Waals surface area contributed by atoms with Crippen LogP contribution in [0.25, 0.3) is 10.8 Å². The first-order valence-electron chi connectivity index (χ1n) is 11.3. The number of aromatic nitrogens is 4. The summed E-state index contributed by atoms with van der Waals surface area (Å²) in [5, 5.41) is 6.84. The Hall–Kier alpha value is -3.32. The van der Waals surface area contributed by atoms with Gasteiger partial charge >= 0.3 is 0 Å². The lowest BCUT2D eigenvalue weighted by atomic mass is 9.49. The van der Waals surface area contributed by atoms with Crippen LogP contribution in [0.1, 0.15) is 11.3 Å². The number of nitrogens with zero attached hydrogens (tertiary/aromatic N) is 4. The lowest BCUT2D eigenvalue weighted by Crippen LogP contribution is -2.39. The van der Waals surface area contributed by atoms with Crippen molar-refractivity contribution in [3.63, 3.8) is 0 Å². The molecule has 3 heterocycles. The molecule has 1 aliphatic rings. The summed E-state index contributed by atoms with van der Waals surface area (Å²) >= 11 is 0. The van der Waals surface area contributed by atoms with Gasteiger partial charge in [0.1, 0.15) is 34.5 Å². The second-order valence-corrected chi connectivity index (χ2v) is 12.4. The molecular weight excluding hydrogens is 469 g/mol. The van der Waals surface area contributed by atoms with E-state index < -0.39 is 29.5 Å². The van der Waals surface area contributed by atoms with Crippen LogP contribution in [0.3, 0.4) is 0 Å². The minimum Gasteiger partial charge on any atom is -0.340 e. The number of rotatable bonds is 4. The molecule has 1 fully saturated rings. The third-order valence-corrected chi connectivity index (χ3v) is 9.81. The first-order chi connectivity index (χ1) is 16.7. The monoisotopic (exact) mass is 491 g/mol. The lowest BCUT2D eigenvalue weighted by Gasteiger charge is -2.33. The van der Waals surface area contributed by atoms with Crippen molar-refractivity contribution in [3.05, 3.63) is 88.1 Å². The quantitative estimate of drug-likeness (QED) is 0.338. The van der Waals surface area contributed by atoms with E-state index in [0.29, 0.717) is 48.0 Å². The maximum absolute atomic E-state index is 15.0. The summed E-state index contributed by atoms with van der Waals surface area (Å²) in [4.78, 5) is 22.7. The van der Waals surface area contributed by atoms with Crippen LogP contribution >= 0.6 is 7.14 Å². The number of hydrogen-bond acceptors (Lipinski definition) is 6. The highest BCUT2D eigenvalue weighted by Crippen LogP contribution is 2.48. The average Bonchev–Trinajstić information content (AvgIpc) is 2.85. The van der Waals surface area contributed by atoms with Crippen LogP contribution in [0, 0.1) is 11.6 Å². The summed E-state index contributed by atoms with van der Waals surface area (Å²) in [6.07, 6.45) is 3.94. The van der Waals surface area contributed by atoms with Gasteiger partial charge < -0.3 is 9.46 Å². The molecular formula is C23H22B2F2N5O2P. The molecule has 12 heteroatoms. The molecule has 1 N–H and O–H groups in total. The van der Waals surface area contributed by atoms with Crippen molar-refractivity contribution in [2.45, 2.75) is 5.21 Å². The van der Waals surface area contributed by atoms with Crippen molar-refractivity contribution in [1.82, 2.24) is 20.2 Å². The molecule has 7 nitrogen and oxygen atoms in total. The molecule has 0 unspecified atom stereocenters. The van der Waals surface area contributed by atoms with E-state index in [9.17, 15) is 13.8 Å². The summed E-state index contributed by atoms with van der Waals surface area (Å²) in [5.41, 5.74) is 0.722. The van der Waals surface area contributed by atoms with Crippen LogP contribution in [0.15, 0.2) is 59.7 Å². The third-order valence-electron chi connectivity index (χ3n) is 6.75. The number of H-pyrrole nitrogens is 1. The van der Waals surface area contributed by atoms with Gasteiger partial charge in [-0.05, 0) is 41.6 Å². The fourth-order valence-corrected chi connectivity index (χ4v) is 7.32. The Morgan fingerprint density at radius 2 is 1.71 bits per heavy atom. The predicted octanol–water partition coefficient (Wildman–Crippen LogP) is 0.967. The van der Waals surface area contributed by atoms with Crippen molar-refractivity contribution in [2.24, 2.45) is 0 Å². The largest absolute Gasteiger partial charge is 0.340 e. The Bertz CT molecular complexity index is 1520. The molecule has 2 aromatic carbocycles. The van der Waals surface area contributed by atoms with E-state index in [4.69, 9.17) is 0 Å². The fourth-order valence-electron chi connectivity index (χ4n) is 4.65. The van der Waals surface area contributed by atoms with Gasteiger partial charge in [-0.1, -0.05) is 11.6 Å². The van der Waals surface area contributed by atoms with Crippen molar-refractivity contribution in [2.75, 3.05) is 30.3 Å². The van der Waals surface area contributed by atoms with Crippen LogP contribution in [0.5, 0.6) is 0 Å². The minimum atomic E-state index is -3.01. The van der Waals surface area contributed by atoms with E-state index in [1.54, 1.807) is 30.6 Å². The molecule has 5 rings (SSSR count). The van der Waals surface area contributed by atoms with E-state index in [0.717, 1.165) is 0 Å². The van der Waals surface area contributed by atoms with Gasteiger partial charge in [0.25, 0.3) is 5.56 Å². The van der Waals surface area contributed by atoms with Gasteiger partial charge in [0, 0.05) is 48.5 Å². The van der Waals surface area contributed by atoms with Crippen molar-refractivity contribution >= 4 is 44.9 Å². The summed E-state index contributed by atoms with van der Waals surface area (Å²) < 4.78 is 42.8. The average molecular weight is 491 g/mol. The van der Waals surface area contributed by atoms with Gasteiger partial charge in [-0.3, -0.25) is 4.79 Å². The maximum atomic E-state index is 15.0. The van der Waals surface area contributed by atoms with Crippen LogP contribution in [0.4, 0.5) is 14.7 Å². The Labute approximate surface area is 202 Å². The molecule has 0 bridgehead atoms. The zero-order chi connectivity index (χ0) is 24.8. The minimum absolute atomic E-state index is 0.189. The third kappa shape index (κ3) is 4.18. The second-order valence-electron chi connectivity index (χ2n) is 9.25. The Morgan fingerprint density at radius 1 is 1.00 bits per heavy atom. The standard InChI is InChI=1S/C23H22B2F2N5O2P/c24-23(25,20-16-4-3-15(26)13-17(16)21(33)31-30-20)14-2-5-18(27)19(12-14)35(34)10-8-32(9-11-35)22-28-6-1-7-29-22/h1-7,12-13H,8-11,24-25H2,(H,31,33). The van der Waals surface area contributed by atoms with E-state index >= 15 is 4.39 Å². The number of hydrogen-bond donors (Lipinski definition) is 1. The van der Waals surface area contributed by atoms with Gasteiger partial charge in [0.05, 0.1) is 11.1 Å². The van der Waals surface area contributed by atoms with Crippen LogP contribution in [-0.4, -0.2) is 61.3 Å². The number of benzene rings is 2. The molecule has 35 heavy (non-hydrogen) atoms. The Kier molecular flexibility index (Phi) is 5.83. The fraction of sp³-hybridized carbons (Fsp3) is 0.217. The highest BCUT2D eigenvalue weighted by molar-refractivity contribution is 7.71. The molecule has 1 aliphatic heterocycles. The van der Waals surface area contributed by atoms with Crippen LogP contribution in [-0.2, 0) is 9.78 Å². The molecule has 0 amide bonds. The summed E-state index contributed by atoms with van der Waals surface area (Å²) in [6, 6.07) is 10.4. The smallest absolute Gasteiger partial charge is 0.272 e. The van der Waals surface area contributed by atoms with E-state index in [-0.39, 0.29) is 10.7 Å². The van der Waals surface area contributed by atoms with Gasteiger partial charge in [-0.25, -0.2) is 23.8 Å². The number of fused-ring (bicyclic) bond motifs is 1. The number of anilines is 1. The molecule has 1 saturated heterocycles. The number of nitrogens with one attached hydrogen (secondary N) is 1.